The molecule has 0 aliphatic heterocycles. The van der Waals surface area contributed by atoms with E-state index in [0.717, 1.165) is 10.9 Å². The average molecular weight is 376 g/mol. The quantitative estimate of drug-likeness (QED) is 0.559. The van der Waals surface area contributed by atoms with Crippen molar-refractivity contribution in [3.8, 4) is 5.75 Å². The number of para-hydroxylation sites is 2. The maximum atomic E-state index is 12.9. The van der Waals surface area contributed by atoms with Gasteiger partial charge in [-0.05, 0) is 18.2 Å². The fourth-order valence-corrected chi connectivity index (χ4v) is 3.27. The van der Waals surface area contributed by atoms with E-state index >= 15 is 0 Å². The Morgan fingerprint density at radius 1 is 1.21 bits per heavy atom. The number of nitrogens with one attached hydrogen (secondary N) is 1. The molecule has 0 fully saturated rings. The lowest BCUT2D eigenvalue weighted by molar-refractivity contribution is -0.121. The predicted octanol–water partition coefficient (Wildman–Crippen LogP) is 3.02. The van der Waals surface area contributed by atoms with Crippen molar-refractivity contribution in [3.05, 3.63) is 78.0 Å². The molecule has 28 heavy (non-hydrogen) atoms. The van der Waals surface area contributed by atoms with Crippen LogP contribution in [0.15, 0.2) is 65.4 Å². The molecule has 0 radical (unpaired) electrons. The number of nitrogens with zero attached hydrogens (tertiary/aromatic N) is 3. The Kier molecular flexibility index (Phi) is 4.80. The number of rotatable bonds is 6. The molecule has 0 aliphatic rings. The first-order valence-corrected chi connectivity index (χ1v) is 8.90. The zero-order chi connectivity index (χ0) is 19.5. The number of methoxy groups -OCH3 is 1. The van der Waals surface area contributed by atoms with Crippen molar-refractivity contribution in [2.45, 2.75) is 12.5 Å². The highest BCUT2D eigenvalue weighted by Crippen LogP contribution is 2.29. The number of hydrogen-bond donors (Lipinski definition) is 1. The number of hydrogen-bond acceptors (Lipinski definition) is 5. The molecule has 142 valence electrons. The van der Waals surface area contributed by atoms with Crippen LogP contribution in [0.2, 0.25) is 0 Å². The molecule has 2 aromatic carbocycles. The Bertz CT molecular complexity index is 1120. The summed E-state index contributed by atoms with van der Waals surface area (Å²) in [5.74, 6) is 1.21. The summed E-state index contributed by atoms with van der Waals surface area (Å²) in [6, 6.07) is 14.6. The molecule has 2 aromatic heterocycles. The first-order chi connectivity index (χ1) is 13.7. The largest absolute Gasteiger partial charge is 0.496 e. The molecule has 1 atom stereocenters. The van der Waals surface area contributed by atoms with Crippen molar-refractivity contribution in [3.63, 3.8) is 0 Å². The van der Waals surface area contributed by atoms with E-state index in [1.54, 1.807) is 13.3 Å². The molecule has 0 aliphatic carbocycles. The van der Waals surface area contributed by atoms with Gasteiger partial charge in [0.05, 0.1) is 13.5 Å². The van der Waals surface area contributed by atoms with Gasteiger partial charge >= 0.3 is 0 Å². The molecule has 7 nitrogen and oxygen atoms in total. The van der Waals surface area contributed by atoms with Crippen LogP contribution >= 0.6 is 0 Å². The van der Waals surface area contributed by atoms with Crippen LogP contribution in [-0.4, -0.2) is 27.7 Å². The Labute approximate surface area is 161 Å². The lowest BCUT2D eigenvalue weighted by Gasteiger charge is -2.21. The van der Waals surface area contributed by atoms with Crippen LogP contribution in [0.25, 0.3) is 11.0 Å². The molecule has 1 N–H and O–H groups in total. The highest BCUT2D eigenvalue weighted by Gasteiger charge is 2.24. The standard InChI is InChI=1S/C21H20N4O3/c1-25-12-11-22-21(25)20(15-8-4-5-9-17(15)27-2)23-19(26)13-16-14-7-3-6-10-18(14)28-24-16/h3-12,20H,13H2,1-2H3,(H,23,26)/t20-/m1/s1. The van der Waals surface area contributed by atoms with E-state index in [4.69, 9.17) is 9.26 Å². The third kappa shape index (κ3) is 3.34. The van der Waals surface area contributed by atoms with Crippen LogP contribution in [0, 0.1) is 0 Å². The van der Waals surface area contributed by atoms with Gasteiger partial charge in [0, 0.05) is 30.4 Å². The topological polar surface area (TPSA) is 82.2 Å². The molecule has 0 spiro atoms. The van der Waals surface area contributed by atoms with Crippen LogP contribution in [0.4, 0.5) is 0 Å². The monoisotopic (exact) mass is 376 g/mol. The third-order valence-corrected chi connectivity index (χ3v) is 4.65. The molecular formula is C21H20N4O3. The summed E-state index contributed by atoms with van der Waals surface area (Å²) in [6.07, 6.45) is 3.65. The lowest BCUT2D eigenvalue weighted by Crippen LogP contribution is -2.32. The minimum Gasteiger partial charge on any atom is -0.496 e. The van der Waals surface area contributed by atoms with E-state index < -0.39 is 6.04 Å². The zero-order valence-corrected chi connectivity index (χ0v) is 15.6. The second-order valence-corrected chi connectivity index (χ2v) is 6.44. The number of carbonyl (C=O) groups excluding carboxylic acids is 1. The van der Waals surface area contributed by atoms with E-state index in [1.807, 2.05) is 66.3 Å². The predicted molar refractivity (Wildman–Crippen MR) is 104 cm³/mol. The van der Waals surface area contributed by atoms with Crippen molar-refractivity contribution in [1.82, 2.24) is 20.0 Å². The van der Waals surface area contributed by atoms with Crippen LogP contribution in [0.1, 0.15) is 23.1 Å². The van der Waals surface area contributed by atoms with Crippen molar-refractivity contribution in [2.75, 3.05) is 7.11 Å². The molecule has 7 heteroatoms. The lowest BCUT2D eigenvalue weighted by atomic mass is 10.0. The summed E-state index contributed by atoms with van der Waals surface area (Å²) in [4.78, 5) is 17.3. The molecule has 0 unspecified atom stereocenters. The van der Waals surface area contributed by atoms with E-state index in [0.29, 0.717) is 22.9 Å². The summed E-state index contributed by atoms with van der Waals surface area (Å²) in [6.45, 7) is 0. The van der Waals surface area contributed by atoms with Gasteiger partial charge < -0.3 is 19.1 Å². The van der Waals surface area contributed by atoms with Crippen molar-refractivity contribution >= 4 is 16.9 Å². The molecule has 4 aromatic rings. The Morgan fingerprint density at radius 3 is 2.79 bits per heavy atom. The van der Waals surface area contributed by atoms with Gasteiger partial charge in [-0.1, -0.05) is 35.5 Å². The number of ether oxygens (including phenoxy) is 1. The molecule has 0 saturated carbocycles. The minimum absolute atomic E-state index is 0.104. The molecule has 0 saturated heterocycles. The number of imidazole rings is 1. The van der Waals surface area contributed by atoms with Gasteiger partial charge in [-0.2, -0.15) is 0 Å². The van der Waals surface area contributed by atoms with Gasteiger partial charge in [-0.15, -0.1) is 0 Å². The van der Waals surface area contributed by atoms with E-state index in [2.05, 4.69) is 15.5 Å². The summed E-state index contributed by atoms with van der Waals surface area (Å²) in [5, 5.41) is 7.95. The normalized spacial score (nSPS) is 12.1. The number of carbonyl (C=O) groups is 1. The van der Waals surface area contributed by atoms with E-state index in [-0.39, 0.29) is 12.3 Å². The van der Waals surface area contributed by atoms with Crippen LogP contribution in [-0.2, 0) is 18.3 Å². The molecule has 2 heterocycles. The van der Waals surface area contributed by atoms with Gasteiger partial charge in [0.2, 0.25) is 5.91 Å². The maximum Gasteiger partial charge on any atom is 0.227 e. The van der Waals surface area contributed by atoms with Gasteiger partial charge in [0.15, 0.2) is 5.58 Å². The second kappa shape index (κ2) is 7.56. The number of benzene rings is 2. The first kappa shape index (κ1) is 17.8. The molecule has 1 amide bonds. The minimum atomic E-state index is -0.457. The average Bonchev–Trinajstić information content (AvgIpc) is 3.32. The van der Waals surface area contributed by atoms with Gasteiger partial charge in [-0.25, -0.2) is 4.98 Å². The number of amides is 1. The Hall–Kier alpha value is -3.61. The second-order valence-electron chi connectivity index (χ2n) is 6.44. The van der Waals surface area contributed by atoms with Gasteiger partial charge in [-0.3, -0.25) is 4.79 Å². The maximum absolute atomic E-state index is 12.9. The summed E-state index contributed by atoms with van der Waals surface area (Å²) >= 11 is 0. The summed E-state index contributed by atoms with van der Waals surface area (Å²) < 4.78 is 12.7. The van der Waals surface area contributed by atoms with E-state index in [1.165, 1.54) is 0 Å². The highest BCUT2D eigenvalue weighted by atomic mass is 16.5. The van der Waals surface area contributed by atoms with Crippen molar-refractivity contribution < 1.29 is 14.1 Å². The Morgan fingerprint density at radius 2 is 2.00 bits per heavy atom. The van der Waals surface area contributed by atoms with Crippen LogP contribution < -0.4 is 10.1 Å². The van der Waals surface area contributed by atoms with Gasteiger partial charge in [0.25, 0.3) is 0 Å². The smallest absolute Gasteiger partial charge is 0.227 e. The first-order valence-electron chi connectivity index (χ1n) is 8.90. The third-order valence-electron chi connectivity index (χ3n) is 4.65. The molecule has 0 bridgehead atoms. The number of fused-ring (bicyclic) bond motifs is 1. The Balaban J connectivity index is 1.64. The summed E-state index contributed by atoms with van der Waals surface area (Å²) in [7, 11) is 3.50. The number of aryl methyl sites for hydroxylation is 1. The fourth-order valence-electron chi connectivity index (χ4n) is 3.27. The molecule has 4 rings (SSSR count). The zero-order valence-electron chi connectivity index (χ0n) is 15.6. The number of aromatic nitrogens is 3. The van der Waals surface area contributed by atoms with Crippen molar-refractivity contribution in [2.24, 2.45) is 7.05 Å². The van der Waals surface area contributed by atoms with E-state index in [9.17, 15) is 4.79 Å². The van der Waals surface area contributed by atoms with Gasteiger partial charge in [0.1, 0.15) is 23.3 Å². The summed E-state index contributed by atoms with van der Waals surface area (Å²) in [5.41, 5.74) is 2.10. The highest BCUT2D eigenvalue weighted by molar-refractivity contribution is 5.86. The SMILES string of the molecule is COc1ccccc1[C@@H](NC(=O)Cc1noc2ccccc12)c1nccn1C. The van der Waals surface area contributed by atoms with Crippen LogP contribution in [0.5, 0.6) is 5.75 Å². The van der Waals surface area contributed by atoms with Crippen molar-refractivity contribution in [1.29, 1.82) is 0 Å². The fraction of sp³-hybridized carbons (Fsp3) is 0.190. The molecular weight excluding hydrogens is 356 g/mol. The van der Waals surface area contributed by atoms with Crippen LogP contribution in [0.3, 0.4) is 0 Å².